The molecule has 0 spiro atoms. The SMILES string of the molecule is CCCCCCCCCCCCCCCCOCCOCCOCCOCCOCCOCCOCCOCCOC(=O)C(=O)c1ccccc1. The molecule has 0 heterocycles. The average molecular weight is 727 g/mol. The van der Waals surface area contributed by atoms with E-state index in [1.807, 2.05) is 0 Å². The first kappa shape index (κ1) is 47.1. The molecule has 0 aliphatic rings. The van der Waals surface area contributed by atoms with Crippen LogP contribution in [0.4, 0.5) is 0 Å². The minimum absolute atomic E-state index is 0.00491. The zero-order valence-electron chi connectivity index (χ0n) is 31.8. The minimum Gasteiger partial charge on any atom is -0.457 e. The number of rotatable bonds is 41. The van der Waals surface area contributed by atoms with Crippen LogP contribution in [0.3, 0.4) is 0 Å². The van der Waals surface area contributed by atoms with E-state index in [1.165, 1.54) is 83.5 Å². The molecule has 0 aliphatic heterocycles. The molecule has 1 aromatic rings. The number of unbranched alkanes of at least 4 members (excludes halogenated alkanes) is 13. The Hall–Kier alpha value is -1.96. The first-order valence-electron chi connectivity index (χ1n) is 19.6. The van der Waals surface area contributed by atoms with Gasteiger partial charge in [-0.15, -0.1) is 0 Å². The van der Waals surface area contributed by atoms with E-state index in [2.05, 4.69) is 6.92 Å². The summed E-state index contributed by atoms with van der Waals surface area (Å²) in [7, 11) is 0. The number of carbonyl (C=O) groups is 2. The van der Waals surface area contributed by atoms with Crippen LogP contribution in [0, 0.1) is 0 Å². The second kappa shape index (κ2) is 39.3. The molecule has 0 bridgehead atoms. The molecule has 1 rings (SSSR count). The molecule has 0 N–H and O–H groups in total. The Morgan fingerprint density at radius 2 is 0.667 bits per heavy atom. The Morgan fingerprint density at radius 3 is 1.02 bits per heavy atom. The third-order valence-corrected chi connectivity index (χ3v) is 7.93. The Kier molecular flexibility index (Phi) is 36.2. The number of Topliss-reactive ketones (excluding diaryl/α,β-unsaturated/α-hetero) is 1. The van der Waals surface area contributed by atoms with Gasteiger partial charge in [0.1, 0.15) is 6.61 Å². The van der Waals surface area contributed by atoms with E-state index in [0.29, 0.717) is 98.1 Å². The molecule has 11 heteroatoms. The van der Waals surface area contributed by atoms with Crippen molar-refractivity contribution in [1.29, 1.82) is 0 Å². The van der Waals surface area contributed by atoms with E-state index in [0.717, 1.165) is 13.0 Å². The van der Waals surface area contributed by atoms with Crippen molar-refractivity contribution in [3.05, 3.63) is 35.9 Å². The van der Waals surface area contributed by atoms with Crippen LogP contribution in [0.25, 0.3) is 0 Å². The maximum Gasteiger partial charge on any atom is 0.379 e. The number of ether oxygens (including phenoxy) is 9. The first-order chi connectivity index (χ1) is 25.3. The largest absolute Gasteiger partial charge is 0.457 e. The molecule has 0 aromatic heterocycles. The van der Waals surface area contributed by atoms with Gasteiger partial charge < -0.3 is 42.6 Å². The van der Waals surface area contributed by atoms with Crippen molar-refractivity contribution in [3.63, 3.8) is 0 Å². The fraction of sp³-hybridized carbons (Fsp3) is 0.800. The van der Waals surface area contributed by atoms with Gasteiger partial charge in [0, 0.05) is 12.2 Å². The van der Waals surface area contributed by atoms with Crippen molar-refractivity contribution in [3.8, 4) is 0 Å². The van der Waals surface area contributed by atoms with Crippen molar-refractivity contribution >= 4 is 11.8 Å². The van der Waals surface area contributed by atoms with Crippen LogP contribution in [0.1, 0.15) is 107 Å². The minimum atomic E-state index is -0.890. The van der Waals surface area contributed by atoms with Gasteiger partial charge in [-0.05, 0) is 6.42 Å². The van der Waals surface area contributed by atoms with Gasteiger partial charge in [-0.2, -0.15) is 0 Å². The molecular weight excluding hydrogens is 656 g/mol. The molecule has 11 nitrogen and oxygen atoms in total. The monoisotopic (exact) mass is 726 g/mol. The molecule has 51 heavy (non-hydrogen) atoms. The first-order valence-corrected chi connectivity index (χ1v) is 19.6. The fourth-order valence-corrected chi connectivity index (χ4v) is 5.01. The van der Waals surface area contributed by atoms with Crippen molar-refractivity contribution in [1.82, 2.24) is 0 Å². The van der Waals surface area contributed by atoms with E-state index in [-0.39, 0.29) is 13.2 Å². The number of hydrogen-bond acceptors (Lipinski definition) is 11. The van der Waals surface area contributed by atoms with Gasteiger partial charge in [-0.25, -0.2) is 4.79 Å². The second-order valence-electron chi connectivity index (χ2n) is 12.3. The van der Waals surface area contributed by atoms with Crippen molar-refractivity contribution < 1.29 is 52.2 Å². The highest BCUT2D eigenvalue weighted by Crippen LogP contribution is 2.13. The Labute approximate surface area is 308 Å². The average Bonchev–Trinajstić information content (AvgIpc) is 3.15. The molecule has 0 fully saturated rings. The maximum absolute atomic E-state index is 11.9. The van der Waals surface area contributed by atoms with E-state index in [9.17, 15) is 9.59 Å². The van der Waals surface area contributed by atoms with Crippen LogP contribution >= 0.6 is 0 Å². The van der Waals surface area contributed by atoms with Gasteiger partial charge in [0.15, 0.2) is 0 Å². The summed E-state index contributed by atoms with van der Waals surface area (Å²) in [5.74, 6) is -1.56. The lowest BCUT2D eigenvalue weighted by molar-refractivity contribution is -0.139. The van der Waals surface area contributed by atoms with Crippen LogP contribution in [-0.2, 0) is 47.4 Å². The normalized spacial score (nSPS) is 11.3. The number of ketones is 1. The molecule has 0 radical (unpaired) electrons. The summed E-state index contributed by atoms with van der Waals surface area (Å²) in [5.41, 5.74) is 0.302. The van der Waals surface area contributed by atoms with E-state index < -0.39 is 11.8 Å². The zero-order chi connectivity index (χ0) is 36.6. The van der Waals surface area contributed by atoms with Crippen LogP contribution < -0.4 is 0 Å². The van der Waals surface area contributed by atoms with E-state index in [1.54, 1.807) is 30.3 Å². The topological polar surface area (TPSA) is 117 Å². The predicted molar refractivity (Wildman–Crippen MR) is 199 cm³/mol. The number of benzene rings is 1. The second-order valence-corrected chi connectivity index (χ2v) is 12.3. The van der Waals surface area contributed by atoms with Gasteiger partial charge >= 0.3 is 5.97 Å². The molecule has 0 amide bonds. The molecular formula is C40H70O11. The van der Waals surface area contributed by atoms with Crippen molar-refractivity contribution in [2.45, 2.75) is 96.8 Å². The highest BCUT2D eigenvalue weighted by molar-refractivity contribution is 6.40. The fourth-order valence-electron chi connectivity index (χ4n) is 5.01. The lowest BCUT2D eigenvalue weighted by atomic mass is 10.0. The summed E-state index contributed by atoms with van der Waals surface area (Å²) in [6.07, 6.45) is 19.2. The lowest BCUT2D eigenvalue weighted by Crippen LogP contribution is -2.20. The van der Waals surface area contributed by atoms with Gasteiger partial charge in [0.2, 0.25) is 0 Å². The summed E-state index contributed by atoms with van der Waals surface area (Å²) in [4.78, 5) is 23.6. The molecule has 296 valence electrons. The van der Waals surface area contributed by atoms with Crippen LogP contribution in [0.15, 0.2) is 30.3 Å². The summed E-state index contributed by atoms with van der Waals surface area (Å²) in [6, 6.07) is 8.29. The summed E-state index contributed by atoms with van der Waals surface area (Å²) in [6.45, 7) is 10.3. The van der Waals surface area contributed by atoms with E-state index >= 15 is 0 Å². The Morgan fingerprint density at radius 1 is 0.373 bits per heavy atom. The predicted octanol–water partition coefficient (Wildman–Crippen LogP) is 7.03. The third-order valence-electron chi connectivity index (χ3n) is 7.93. The highest BCUT2D eigenvalue weighted by atomic mass is 16.6. The number of esters is 1. The standard InChI is InChI=1S/C40H70O11/c1-2-3-4-5-6-7-8-9-10-11-12-13-14-18-21-43-22-23-44-24-25-45-26-27-46-28-29-47-30-31-48-32-33-49-34-35-50-36-37-51-40(42)39(41)38-19-16-15-17-20-38/h15-17,19-20H,2-14,18,21-37H2,1H3. The molecule has 0 aliphatic carbocycles. The van der Waals surface area contributed by atoms with Gasteiger partial charge in [0.25, 0.3) is 5.78 Å². The van der Waals surface area contributed by atoms with Crippen molar-refractivity contribution in [2.75, 3.05) is 112 Å². The van der Waals surface area contributed by atoms with Gasteiger partial charge in [0.05, 0.1) is 99.1 Å². The molecule has 0 unspecified atom stereocenters. The van der Waals surface area contributed by atoms with Gasteiger partial charge in [-0.1, -0.05) is 121 Å². The number of hydrogen-bond donors (Lipinski definition) is 0. The highest BCUT2D eigenvalue weighted by Gasteiger charge is 2.17. The molecule has 0 saturated carbocycles. The van der Waals surface area contributed by atoms with E-state index in [4.69, 9.17) is 42.6 Å². The smallest absolute Gasteiger partial charge is 0.379 e. The van der Waals surface area contributed by atoms with Crippen molar-refractivity contribution in [2.24, 2.45) is 0 Å². The summed E-state index contributed by atoms with van der Waals surface area (Å²) < 4.78 is 48.9. The quantitative estimate of drug-likeness (QED) is 0.0300. The maximum atomic E-state index is 11.9. The van der Waals surface area contributed by atoms with Crippen LogP contribution in [-0.4, -0.2) is 124 Å². The molecule has 0 atom stereocenters. The lowest BCUT2D eigenvalue weighted by Gasteiger charge is -2.09. The number of carbonyl (C=O) groups excluding carboxylic acids is 2. The Bertz CT molecular complexity index is 871. The summed E-state index contributed by atoms with van der Waals surface area (Å²) in [5, 5.41) is 0. The zero-order valence-corrected chi connectivity index (χ0v) is 31.8. The van der Waals surface area contributed by atoms with Crippen LogP contribution in [0.5, 0.6) is 0 Å². The van der Waals surface area contributed by atoms with Crippen LogP contribution in [0.2, 0.25) is 0 Å². The molecule has 1 aromatic carbocycles. The third kappa shape index (κ3) is 33.6. The Balaban J connectivity index is 1.64. The molecule has 0 saturated heterocycles. The van der Waals surface area contributed by atoms with Gasteiger partial charge in [-0.3, -0.25) is 4.79 Å². The summed E-state index contributed by atoms with van der Waals surface area (Å²) >= 11 is 0.